The summed E-state index contributed by atoms with van der Waals surface area (Å²) in [4.78, 5) is 8.18. The molecular weight excluding hydrogens is 306 g/mol. The van der Waals surface area contributed by atoms with Gasteiger partial charge < -0.3 is 9.80 Å². The number of piperidine rings is 1. The molecule has 0 spiro atoms. The van der Waals surface area contributed by atoms with Gasteiger partial charge in [0.15, 0.2) is 0 Å². The largest absolute Gasteiger partial charge is 0.303 e. The van der Waals surface area contributed by atoms with Crippen LogP contribution in [0.4, 0.5) is 0 Å². The van der Waals surface area contributed by atoms with Crippen LogP contribution >= 0.6 is 0 Å². The van der Waals surface area contributed by atoms with E-state index in [1.54, 1.807) is 0 Å². The van der Waals surface area contributed by atoms with Gasteiger partial charge in [-0.25, -0.2) is 0 Å². The lowest BCUT2D eigenvalue weighted by Gasteiger charge is -2.40. The Bertz CT molecular complexity index is 388. The zero-order valence-electron chi connectivity index (χ0n) is 17.5. The van der Waals surface area contributed by atoms with E-state index in [1.807, 2.05) is 0 Å². The van der Waals surface area contributed by atoms with Gasteiger partial charge in [-0.15, -0.1) is 0 Å². The van der Waals surface area contributed by atoms with E-state index < -0.39 is 0 Å². The van der Waals surface area contributed by atoms with E-state index in [0.717, 1.165) is 23.3 Å². The lowest BCUT2D eigenvalue weighted by molar-refractivity contribution is 0.0760. The highest BCUT2D eigenvalue weighted by Crippen LogP contribution is 2.51. The minimum Gasteiger partial charge on any atom is -0.303 e. The molecule has 25 heavy (non-hydrogen) atoms. The monoisotopic (exact) mass is 349 g/mol. The maximum atomic E-state index is 2.81. The van der Waals surface area contributed by atoms with Gasteiger partial charge in [-0.3, -0.25) is 4.90 Å². The molecular formula is C22H43N3. The Labute approximate surface area is 157 Å². The number of hydrogen-bond donors (Lipinski definition) is 0. The molecule has 146 valence electrons. The standard InChI is InChI=1S/C22H43N3/c1-5-20(4)16-22(8-9-22)18-24-10-6-21(7-11-24)17-23-12-14-25(15-13-23)19(2)3/h19-21H,5-18H2,1-4H3. The van der Waals surface area contributed by atoms with Gasteiger partial charge in [-0.1, -0.05) is 20.3 Å². The van der Waals surface area contributed by atoms with Crippen LogP contribution in [0.25, 0.3) is 0 Å². The number of likely N-dealkylation sites (tertiary alicyclic amines) is 1. The molecule has 0 radical (unpaired) electrons. The molecule has 3 nitrogen and oxygen atoms in total. The molecule has 2 heterocycles. The molecule has 1 saturated carbocycles. The summed E-state index contributed by atoms with van der Waals surface area (Å²) in [5.74, 6) is 1.87. The Morgan fingerprint density at radius 1 is 0.880 bits per heavy atom. The lowest BCUT2D eigenvalue weighted by atomic mass is 9.89. The minimum atomic E-state index is 0.718. The molecule has 3 fully saturated rings. The number of rotatable bonds is 8. The molecule has 3 heteroatoms. The smallest absolute Gasteiger partial charge is 0.0113 e. The summed E-state index contributed by atoms with van der Waals surface area (Å²) in [6.45, 7) is 20.1. The molecule has 0 bridgehead atoms. The summed E-state index contributed by atoms with van der Waals surface area (Å²) in [6.07, 6.45) is 8.69. The minimum absolute atomic E-state index is 0.718. The fourth-order valence-corrected chi connectivity index (χ4v) is 5.12. The molecule has 2 aliphatic heterocycles. The van der Waals surface area contributed by atoms with Crippen molar-refractivity contribution in [3.8, 4) is 0 Å². The van der Waals surface area contributed by atoms with Crippen LogP contribution in [0.2, 0.25) is 0 Å². The highest BCUT2D eigenvalue weighted by Gasteiger charge is 2.44. The number of nitrogens with zero attached hydrogens (tertiary/aromatic N) is 3. The van der Waals surface area contributed by atoms with Crippen LogP contribution in [0, 0.1) is 17.3 Å². The van der Waals surface area contributed by atoms with E-state index in [2.05, 4.69) is 42.4 Å². The normalized spacial score (nSPS) is 27.7. The summed E-state index contributed by atoms with van der Waals surface area (Å²) in [5.41, 5.74) is 0.718. The van der Waals surface area contributed by atoms with Crippen molar-refractivity contribution >= 4 is 0 Å². The zero-order valence-corrected chi connectivity index (χ0v) is 17.5. The van der Waals surface area contributed by atoms with Gasteiger partial charge in [0.05, 0.1) is 0 Å². The molecule has 3 aliphatic rings. The first kappa shape index (κ1) is 19.6. The Morgan fingerprint density at radius 2 is 1.52 bits per heavy atom. The van der Waals surface area contributed by atoms with E-state index in [9.17, 15) is 0 Å². The summed E-state index contributed by atoms with van der Waals surface area (Å²) < 4.78 is 0. The molecule has 0 aromatic rings. The van der Waals surface area contributed by atoms with Gasteiger partial charge in [0.1, 0.15) is 0 Å². The van der Waals surface area contributed by atoms with Crippen molar-refractivity contribution in [2.24, 2.45) is 17.3 Å². The van der Waals surface area contributed by atoms with E-state index in [-0.39, 0.29) is 0 Å². The molecule has 1 aliphatic carbocycles. The predicted molar refractivity (Wildman–Crippen MR) is 108 cm³/mol. The summed E-state index contributed by atoms with van der Waals surface area (Å²) in [5, 5.41) is 0. The topological polar surface area (TPSA) is 9.72 Å². The molecule has 0 aromatic heterocycles. The summed E-state index contributed by atoms with van der Waals surface area (Å²) in [6, 6.07) is 0.718. The first-order valence-corrected chi connectivity index (χ1v) is 11.2. The predicted octanol–water partition coefficient (Wildman–Crippen LogP) is 3.94. The van der Waals surface area contributed by atoms with E-state index in [1.165, 1.54) is 90.9 Å². The zero-order chi connectivity index (χ0) is 17.9. The first-order valence-electron chi connectivity index (χ1n) is 11.2. The second-order valence-electron chi connectivity index (χ2n) is 9.87. The van der Waals surface area contributed by atoms with Gasteiger partial charge in [-0.05, 0) is 76.3 Å². The first-order chi connectivity index (χ1) is 12.0. The van der Waals surface area contributed by atoms with Crippen LogP contribution in [0.3, 0.4) is 0 Å². The quantitative estimate of drug-likeness (QED) is 0.657. The third kappa shape index (κ3) is 5.68. The maximum Gasteiger partial charge on any atom is 0.0113 e. The summed E-state index contributed by atoms with van der Waals surface area (Å²) in [7, 11) is 0. The van der Waals surface area contributed by atoms with Crippen molar-refractivity contribution < 1.29 is 0 Å². The SMILES string of the molecule is CCC(C)CC1(CN2CCC(CN3CCN(C(C)C)CC3)CC2)CC1. The fourth-order valence-electron chi connectivity index (χ4n) is 5.12. The Balaban J connectivity index is 1.34. The molecule has 1 unspecified atom stereocenters. The van der Waals surface area contributed by atoms with Crippen LogP contribution in [0.15, 0.2) is 0 Å². The van der Waals surface area contributed by atoms with Gasteiger partial charge in [-0.2, -0.15) is 0 Å². The molecule has 1 atom stereocenters. The van der Waals surface area contributed by atoms with Gasteiger partial charge in [0, 0.05) is 45.3 Å². The lowest BCUT2D eigenvalue weighted by Crippen LogP contribution is -2.50. The van der Waals surface area contributed by atoms with Crippen molar-refractivity contribution in [2.75, 3.05) is 52.4 Å². The second-order valence-corrected chi connectivity index (χ2v) is 9.87. The van der Waals surface area contributed by atoms with E-state index in [4.69, 9.17) is 0 Å². The molecule has 0 aromatic carbocycles. The average molecular weight is 350 g/mol. The third-order valence-electron chi connectivity index (χ3n) is 7.36. The van der Waals surface area contributed by atoms with Gasteiger partial charge in [0.2, 0.25) is 0 Å². The van der Waals surface area contributed by atoms with Crippen LogP contribution in [-0.2, 0) is 0 Å². The van der Waals surface area contributed by atoms with Crippen molar-refractivity contribution in [2.45, 2.75) is 72.3 Å². The number of piperazine rings is 1. The third-order valence-corrected chi connectivity index (χ3v) is 7.36. The molecule has 3 rings (SSSR count). The van der Waals surface area contributed by atoms with Crippen LogP contribution in [0.1, 0.15) is 66.2 Å². The Kier molecular flexibility index (Phi) is 6.84. The van der Waals surface area contributed by atoms with Gasteiger partial charge >= 0.3 is 0 Å². The molecule has 0 N–H and O–H groups in total. The van der Waals surface area contributed by atoms with Crippen molar-refractivity contribution in [1.82, 2.24) is 14.7 Å². The van der Waals surface area contributed by atoms with Crippen LogP contribution < -0.4 is 0 Å². The van der Waals surface area contributed by atoms with Crippen molar-refractivity contribution in [3.05, 3.63) is 0 Å². The van der Waals surface area contributed by atoms with Crippen molar-refractivity contribution in [3.63, 3.8) is 0 Å². The maximum absolute atomic E-state index is 2.81. The highest BCUT2D eigenvalue weighted by atomic mass is 15.3. The van der Waals surface area contributed by atoms with E-state index in [0.29, 0.717) is 0 Å². The summed E-state index contributed by atoms with van der Waals surface area (Å²) >= 11 is 0. The molecule has 2 saturated heterocycles. The molecule has 0 amide bonds. The number of hydrogen-bond acceptors (Lipinski definition) is 3. The second kappa shape index (κ2) is 8.71. The van der Waals surface area contributed by atoms with E-state index >= 15 is 0 Å². The highest BCUT2D eigenvalue weighted by molar-refractivity contribution is 4.97. The van der Waals surface area contributed by atoms with Crippen molar-refractivity contribution in [1.29, 1.82) is 0 Å². The Hall–Kier alpha value is -0.120. The van der Waals surface area contributed by atoms with Gasteiger partial charge in [0.25, 0.3) is 0 Å². The van der Waals surface area contributed by atoms with Crippen LogP contribution in [0.5, 0.6) is 0 Å². The average Bonchev–Trinajstić information content (AvgIpc) is 3.36. The fraction of sp³-hybridized carbons (Fsp3) is 1.00. The van der Waals surface area contributed by atoms with Crippen LogP contribution in [-0.4, -0.2) is 73.1 Å². The Morgan fingerprint density at radius 3 is 2.04 bits per heavy atom.